The lowest BCUT2D eigenvalue weighted by molar-refractivity contribution is 0.0951. The number of amides is 1. The van der Waals surface area contributed by atoms with Gasteiger partial charge in [0.1, 0.15) is 0 Å². The number of hydrogen-bond acceptors (Lipinski definition) is 3. The summed E-state index contributed by atoms with van der Waals surface area (Å²) in [7, 11) is 0. The molecule has 4 aromatic rings. The molecule has 4 nitrogen and oxygen atoms in total. The summed E-state index contributed by atoms with van der Waals surface area (Å²) in [5.41, 5.74) is 2.79. The first kappa shape index (κ1) is 19.2. The molecule has 0 unspecified atom stereocenters. The van der Waals surface area contributed by atoms with E-state index in [0.717, 1.165) is 11.1 Å². The van der Waals surface area contributed by atoms with Gasteiger partial charge >= 0.3 is 0 Å². The molecule has 0 atom stereocenters. The fourth-order valence-electron chi connectivity index (χ4n) is 2.93. The zero-order chi connectivity index (χ0) is 20.2. The van der Waals surface area contributed by atoms with Crippen molar-refractivity contribution in [3.63, 3.8) is 0 Å². The van der Waals surface area contributed by atoms with Gasteiger partial charge in [-0.15, -0.1) is 0 Å². The van der Waals surface area contributed by atoms with Crippen LogP contribution in [0.4, 0.5) is 0 Å². The number of nitrogens with zero attached hydrogens (tertiary/aromatic N) is 1. The Balaban J connectivity index is 1.58. The van der Waals surface area contributed by atoms with Crippen molar-refractivity contribution < 1.29 is 9.21 Å². The second kappa shape index (κ2) is 8.52. The molecule has 29 heavy (non-hydrogen) atoms. The zero-order valence-corrected chi connectivity index (χ0v) is 16.7. The number of carbonyl (C=O) groups excluding carboxylic acids is 1. The third-order valence-electron chi connectivity index (χ3n) is 4.43. The van der Waals surface area contributed by atoms with Crippen LogP contribution in [0.1, 0.15) is 15.9 Å². The van der Waals surface area contributed by atoms with E-state index in [1.807, 2.05) is 42.5 Å². The highest BCUT2D eigenvalue weighted by Crippen LogP contribution is 2.29. The molecule has 0 aliphatic heterocycles. The van der Waals surface area contributed by atoms with Crippen LogP contribution in [0.5, 0.6) is 0 Å². The standard InChI is InChI=1S/C23H16Cl2N2O2/c24-17-11-9-15(10-12-17)21-14-27-23(29-21)19-7-3-2-6-18(19)22(28)26-13-16-5-1-4-8-20(16)25/h1-12,14H,13H2,(H,26,28). The van der Waals surface area contributed by atoms with Crippen LogP contribution < -0.4 is 5.32 Å². The Labute approximate surface area is 178 Å². The van der Waals surface area contributed by atoms with E-state index in [-0.39, 0.29) is 5.91 Å². The van der Waals surface area contributed by atoms with Crippen LogP contribution in [-0.2, 0) is 6.54 Å². The smallest absolute Gasteiger partial charge is 0.252 e. The van der Waals surface area contributed by atoms with E-state index in [0.29, 0.717) is 39.4 Å². The Bertz CT molecular complexity index is 1150. The summed E-state index contributed by atoms with van der Waals surface area (Å²) in [5.74, 6) is 0.744. The molecule has 0 radical (unpaired) electrons. The molecule has 0 aliphatic carbocycles. The number of nitrogens with one attached hydrogen (secondary N) is 1. The molecule has 4 rings (SSSR count). The van der Waals surface area contributed by atoms with Crippen LogP contribution in [-0.4, -0.2) is 10.9 Å². The van der Waals surface area contributed by atoms with Gasteiger partial charge in [0.15, 0.2) is 5.76 Å². The van der Waals surface area contributed by atoms with E-state index in [1.165, 1.54) is 0 Å². The minimum Gasteiger partial charge on any atom is -0.436 e. The largest absolute Gasteiger partial charge is 0.436 e. The SMILES string of the molecule is O=C(NCc1ccccc1Cl)c1ccccc1-c1ncc(-c2ccc(Cl)cc2)o1. The summed E-state index contributed by atoms with van der Waals surface area (Å²) in [6.45, 7) is 0.328. The molecule has 144 valence electrons. The van der Waals surface area contributed by atoms with Crippen LogP contribution in [0.25, 0.3) is 22.8 Å². The van der Waals surface area contributed by atoms with Gasteiger partial charge in [-0.2, -0.15) is 0 Å². The number of hydrogen-bond donors (Lipinski definition) is 1. The quantitative estimate of drug-likeness (QED) is 0.413. The molecule has 1 heterocycles. The minimum absolute atomic E-state index is 0.230. The van der Waals surface area contributed by atoms with Gasteiger partial charge in [0.25, 0.3) is 5.91 Å². The van der Waals surface area contributed by atoms with Crippen molar-refractivity contribution in [2.24, 2.45) is 0 Å². The summed E-state index contributed by atoms with van der Waals surface area (Å²) >= 11 is 12.1. The highest BCUT2D eigenvalue weighted by molar-refractivity contribution is 6.31. The highest BCUT2D eigenvalue weighted by Gasteiger charge is 2.17. The van der Waals surface area contributed by atoms with Crippen LogP contribution in [0.15, 0.2) is 83.4 Å². The Hall–Kier alpha value is -3.08. The molecule has 1 N–H and O–H groups in total. The Morgan fingerprint density at radius 2 is 1.66 bits per heavy atom. The van der Waals surface area contributed by atoms with Crippen molar-refractivity contribution in [1.29, 1.82) is 0 Å². The third-order valence-corrected chi connectivity index (χ3v) is 5.05. The summed E-state index contributed by atoms with van der Waals surface area (Å²) < 4.78 is 5.91. The molecule has 0 bridgehead atoms. The fraction of sp³-hybridized carbons (Fsp3) is 0.0435. The number of aromatic nitrogens is 1. The molecular weight excluding hydrogens is 407 g/mol. The van der Waals surface area contributed by atoms with Crippen molar-refractivity contribution >= 4 is 29.1 Å². The molecule has 0 fully saturated rings. The molecule has 1 amide bonds. The lowest BCUT2D eigenvalue weighted by Gasteiger charge is -2.09. The van der Waals surface area contributed by atoms with Crippen molar-refractivity contribution in [1.82, 2.24) is 10.3 Å². The summed E-state index contributed by atoms with van der Waals surface area (Å²) in [4.78, 5) is 17.2. The van der Waals surface area contributed by atoms with Gasteiger partial charge < -0.3 is 9.73 Å². The molecule has 6 heteroatoms. The van der Waals surface area contributed by atoms with E-state index < -0.39 is 0 Å². The van der Waals surface area contributed by atoms with Gasteiger partial charge in [0.05, 0.1) is 11.8 Å². The van der Waals surface area contributed by atoms with Crippen LogP contribution in [0.2, 0.25) is 10.0 Å². The summed E-state index contributed by atoms with van der Waals surface area (Å²) in [6.07, 6.45) is 1.64. The van der Waals surface area contributed by atoms with E-state index in [9.17, 15) is 4.79 Å². The van der Waals surface area contributed by atoms with E-state index in [2.05, 4.69) is 10.3 Å². The lowest BCUT2D eigenvalue weighted by Crippen LogP contribution is -2.23. The Morgan fingerprint density at radius 1 is 0.931 bits per heavy atom. The molecule has 0 aliphatic rings. The first-order chi connectivity index (χ1) is 14.1. The number of rotatable bonds is 5. The van der Waals surface area contributed by atoms with Gasteiger partial charge in [-0.3, -0.25) is 4.79 Å². The zero-order valence-electron chi connectivity index (χ0n) is 15.2. The summed E-state index contributed by atoms with van der Waals surface area (Å²) in [5, 5.41) is 4.16. The predicted octanol–water partition coefficient (Wildman–Crippen LogP) is 6.25. The average Bonchev–Trinajstić information content (AvgIpc) is 3.23. The molecule has 1 aromatic heterocycles. The normalized spacial score (nSPS) is 10.7. The average molecular weight is 423 g/mol. The predicted molar refractivity (Wildman–Crippen MR) is 115 cm³/mol. The first-order valence-electron chi connectivity index (χ1n) is 8.94. The number of carbonyl (C=O) groups is 1. The van der Waals surface area contributed by atoms with Crippen molar-refractivity contribution in [3.8, 4) is 22.8 Å². The minimum atomic E-state index is -0.230. The molecule has 3 aromatic carbocycles. The van der Waals surface area contributed by atoms with Gasteiger partial charge in [-0.1, -0.05) is 53.5 Å². The topological polar surface area (TPSA) is 55.1 Å². The Morgan fingerprint density at radius 3 is 2.45 bits per heavy atom. The number of oxazole rings is 1. The molecular formula is C23H16Cl2N2O2. The second-order valence-electron chi connectivity index (χ2n) is 6.36. The maximum Gasteiger partial charge on any atom is 0.252 e. The van der Waals surface area contributed by atoms with Crippen LogP contribution >= 0.6 is 23.2 Å². The third kappa shape index (κ3) is 4.34. The second-order valence-corrected chi connectivity index (χ2v) is 7.20. The lowest BCUT2D eigenvalue weighted by atomic mass is 10.1. The van der Waals surface area contributed by atoms with E-state index in [1.54, 1.807) is 36.5 Å². The van der Waals surface area contributed by atoms with Gasteiger partial charge in [0, 0.05) is 27.7 Å². The van der Waals surface area contributed by atoms with Gasteiger partial charge in [-0.05, 0) is 48.0 Å². The van der Waals surface area contributed by atoms with Crippen LogP contribution in [0, 0.1) is 0 Å². The van der Waals surface area contributed by atoms with Crippen LogP contribution in [0.3, 0.4) is 0 Å². The highest BCUT2D eigenvalue weighted by atomic mass is 35.5. The molecule has 0 spiro atoms. The van der Waals surface area contributed by atoms with Gasteiger partial charge in [0.2, 0.25) is 5.89 Å². The maximum atomic E-state index is 12.8. The van der Waals surface area contributed by atoms with Crippen molar-refractivity contribution in [2.75, 3.05) is 0 Å². The maximum absolute atomic E-state index is 12.8. The monoisotopic (exact) mass is 422 g/mol. The van der Waals surface area contributed by atoms with E-state index in [4.69, 9.17) is 27.6 Å². The molecule has 0 saturated carbocycles. The first-order valence-corrected chi connectivity index (χ1v) is 9.70. The summed E-state index contributed by atoms with van der Waals surface area (Å²) in [6, 6.07) is 21.9. The van der Waals surface area contributed by atoms with Gasteiger partial charge in [-0.25, -0.2) is 4.98 Å². The fourth-order valence-corrected chi connectivity index (χ4v) is 3.25. The van der Waals surface area contributed by atoms with Crippen molar-refractivity contribution in [3.05, 3.63) is 100 Å². The molecule has 0 saturated heterocycles. The van der Waals surface area contributed by atoms with Crippen molar-refractivity contribution in [2.45, 2.75) is 6.54 Å². The number of benzene rings is 3. The van der Waals surface area contributed by atoms with E-state index >= 15 is 0 Å². The Kier molecular flexibility index (Phi) is 5.65. The number of halogens is 2.